The van der Waals surface area contributed by atoms with Crippen molar-refractivity contribution in [3.8, 4) is 17.2 Å². The lowest BCUT2D eigenvalue weighted by Gasteiger charge is -2.36. The van der Waals surface area contributed by atoms with Gasteiger partial charge in [-0.2, -0.15) is 5.26 Å². The first-order chi connectivity index (χ1) is 11.2. The smallest absolute Gasteiger partial charge is 0.0635 e. The van der Waals surface area contributed by atoms with Gasteiger partial charge in [0, 0.05) is 28.8 Å². The number of aromatic nitrogens is 1. The van der Waals surface area contributed by atoms with Gasteiger partial charge in [-0.05, 0) is 54.8 Å². The molecule has 0 saturated carbocycles. The van der Waals surface area contributed by atoms with Gasteiger partial charge in [-0.15, -0.1) is 0 Å². The summed E-state index contributed by atoms with van der Waals surface area (Å²) in [4.78, 5) is 6.56. The van der Waals surface area contributed by atoms with Crippen LogP contribution in [0.25, 0.3) is 11.1 Å². The summed E-state index contributed by atoms with van der Waals surface area (Å²) in [6.07, 6.45) is 6.54. The van der Waals surface area contributed by atoms with E-state index in [1.807, 2.05) is 24.5 Å². The normalized spacial score (nSPS) is 17.6. The van der Waals surface area contributed by atoms with E-state index >= 15 is 0 Å². The number of nitriles is 1. The van der Waals surface area contributed by atoms with E-state index in [-0.39, 0.29) is 3.42 Å². The molecular weight excluding hydrogens is 397 g/mol. The summed E-state index contributed by atoms with van der Waals surface area (Å²) in [5, 5.41) is 8.93. The number of alkyl halides is 1. The number of piperidine rings is 1. The van der Waals surface area contributed by atoms with E-state index in [1.165, 1.54) is 16.7 Å². The second-order valence-corrected chi connectivity index (χ2v) is 8.48. The highest BCUT2D eigenvalue weighted by Crippen LogP contribution is 2.35. The van der Waals surface area contributed by atoms with Crippen molar-refractivity contribution < 1.29 is 0 Å². The van der Waals surface area contributed by atoms with Crippen molar-refractivity contribution in [2.45, 2.75) is 29.2 Å². The lowest BCUT2D eigenvalue weighted by molar-refractivity contribution is 0.199. The standard InChI is InChI=1S/C19H20IN3/c20-19(7-10-21)8-13-23(14-9-19)15-16-1-3-17(4-2-16)18-5-11-22-12-6-18/h1-6,11-12H,7-9,13-15H2. The van der Waals surface area contributed by atoms with Crippen LogP contribution < -0.4 is 0 Å². The van der Waals surface area contributed by atoms with E-state index in [1.54, 1.807) is 0 Å². The van der Waals surface area contributed by atoms with Crippen LogP contribution in [0.4, 0.5) is 0 Å². The molecule has 0 bridgehead atoms. The Morgan fingerprint density at radius 1 is 1.04 bits per heavy atom. The van der Waals surface area contributed by atoms with Gasteiger partial charge in [0.05, 0.1) is 6.07 Å². The molecular formula is C19H20IN3. The average molecular weight is 417 g/mol. The Hall–Kier alpha value is -1.45. The first-order valence-corrected chi connectivity index (χ1v) is 9.04. The van der Waals surface area contributed by atoms with Crippen molar-refractivity contribution in [1.29, 1.82) is 5.26 Å². The van der Waals surface area contributed by atoms with Gasteiger partial charge in [-0.1, -0.05) is 46.9 Å². The summed E-state index contributed by atoms with van der Waals surface area (Å²) in [7, 11) is 0. The predicted molar refractivity (Wildman–Crippen MR) is 101 cm³/mol. The van der Waals surface area contributed by atoms with Gasteiger partial charge in [-0.3, -0.25) is 9.88 Å². The first kappa shape index (κ1) is 16.4. The lowest BCUT2D eigenvalue weighted by Crippen LogP contribution is -2.40. The minimum absolute atomic E-state index is 0.189. The number of pyridine rings is 1. The van der Waals surface area contributed by atoms with Gasteiger partial charge in [0.1, 0.15) is 0 Å². The fraction of sp³-hybridized carbons (Fsp3) is 0.368. The molecule has 0 radical (unpaired) electrons. The number of hydrogen-bond acceptors (Lipinski definition) is 3. The molecule has 0 unspecified atom stereocenters. The Morgan fingerprint density at radius 2 is 1.65 bits per heavy atom. The van der Waals surface area contributed by atoms with Gasteiger partial charge < -0.3 is 0 Å². The topological polar surface area (TPSA) is 39.9 Å². The molecule has 1 fully saturated rings. The molecule has 3 rings (SSSR count). The molecule has 0 amide bonds. The van der Waals surface area contributed by atoms with Crippen molar-refractivity contribution in [2.24, 2.45) is 0 Å². The van der Waals surface area contributed by atoms with E-state index in [4.69, 9.17) is 5.26 Å². The molecule has 1 aliphatic rings. The van der Waals surface area contributed by atoms with Gasteiger partial charge in [0.15, 0.2) is 0 Å². The van der Waals surface area contributed by atoms with Crippen LogP contribution in [0.3, 0.4) is 0 Å². The summed E-state index contributed by atoms with van der Waals surface area (Å²) < 4.78 is 0.189. The van der Waals surface area contributed by atoms with Crippen LogP contribution in [0.5, 0.6) is 0 Å². The van der Waals surface area contributed by atoms with Crippen LogP contribution in [-0.4, -0.2) is 26.4 Å². The maximum absolute atomic E-state index is 8.93. The van der Waals surface area contributed by atoms with Gasteiger partial charge in [-0.25, -0.2) is 0 Å². The highest BCUT2D eigenvalue weighted by atomic mass is 127. The van der Waals surface area contributed by atoms with Crippen molar-refractivity contribution in [3.63, 3.8) is 0 Å². The Labute approximate surface area is 151 Å². The zero-order valence-electron chi connectivity index (χ0n) is 13.1. The lowest BCUT2D eigenvalue weighted by atomic mass is 9.93. The summed E-state index contributed by atoms with van der Waals surface area (Å²) in [5.74, 6) is 0. The van der Waals surface area contributed by atoms with E-state index in [9.17, 15) is 0 Å². The van der Waals surface area contributed by atoms with Crippen LogP contribution in [0.1, 0.15) is 24.8 Å². The number of rotatable bonds is 4. The zero-order chi connectivity index (χ0) is 16.1. The van der Waals surface area contributed by atoms with Gasteiger partial charge in [0.2, 0.25) is 0 Å². The third-order valence-corrected chi connectivity index (χ3v) is 5.98. The molecule has 0 spiro atoms. The van der Waals surface area contributed by atoms with Crippen LogP contribution >= 0.6 is 22.6 Å². The van der Waals surface area contributed by atoms with Gasteiger partial charge in [0.25, 0.3) is 0 Å². The Balaban J connectivity index is 1.59. The Bertz CT molecular complexity index is 668. The third-order valence-electron chi connectivity index (χ3n) is 4.52. The molecule has 1 aromatic carbocycles. The maximum Gasteiger partial charge on any atom is 0.0635 e. The number of benzene rings is 1. The number of halogens is 1. The molecule has 23 heavy (non-hydrogen) atoms. The quantitative estimate of drug-likeness (QED) is 0.546. The van der Waals surface area contributed by atoms with Crippen molar-refractivity contribution in [2.75, 3.05) is 13.1 Å². The van der Waals surface area contributed by atoms with Crippen LogP contribution in [-0.2, 0) is 6.54 Å². The second kappa shape index (κ2) is 7.41. The average Bonchev–Trinajstić information content (AvgIpc) is 2.59. The molecule has 1 aromatic heterocycles. The molecule has 1 aliphatic heterocycles. The van der Waals surface area contributed by atoms with Crippen LogP contribution in [0.15, 0.2) is 48.8 Å². The van der Waals surface area contributed by atoms with Gasteiger partial charge >= 0.3 is 0 Å². The Kier molecular flexibility index (Phi) is 5.29. The minimum Gasteiger partial charge on any atom is -0.299 e. The largest absolute Gasteiger partial charge is 0.299 e. The molecule has 1 saturated heterocycles. The highest BCUT2D eigenvalue weighted by Gasteiger charge is 2.31. The zero-order valence-corrected chi connectivity index (χ0v) is 15.2. The van der Waals surface area contributed by atoms with Crippen molar-refractivity contribution in [3.05, 3.63) is 54.4 Å². The number of hydrogen-bond donors (Lipinski definition) is 0. The summed E-state index contributed by atoms with van der Waals surface area (Å²) in [6.45, 7) is 3.16. The van der Waals surface area contributed by atoms with E-state index in [2.05, 4.69) is 62.8 Å². The highest BCUT2D eigenvalue weighted by molar-refractivity contribution is 14.1. The SMILES string of the molecule is N#CCC1(I)CCN(Cc2ccc(-c3ccncc3)cc2)CC1. The minimum atomic E-state index is 0.189. The molecule has 2 heterocycles. The van der Waals surface area contributed by atoms with E-state index in [0.29, 0.717) is 6.42 Å². The second-order valence-electron chi connectivity index (χ2n) is 6.19. The monoisotopic (exact) mass is 417 g/mol. The molecule has 2 aromatic rings. The van der Waals surface area contributed by atoms with Crippen LogP contribution in [0.2, 0.25) is 0 Å². The maximum atomic E-state index is 8.93. The van der Waals surface area contributed by atoms with E-state index < -0.39 is 0 Å². The molecule has 0 atom stereocenters. The summed E-state index contributed by atoms with van der Waals surface area (Å²) >= 11 is 2.49. The number of nitrogens with zero attached hydrogens (tertiary/aromatic N) is 3. The molecule has 4 heteroatoms. The van der Waals surface area contributed by atoms with Crippen LogP contribution in [0, 0.1) is 11.3 Å². The van der Waals surface area contributed by atoms with E-state index in [0.717, 1.165) is 32.5 Å². The molecule has 0 N–H and O–H groups in total. The summed E-state index contributed by atoms with van der Waals surface area (Å²) in [5.41, 5.74) is 3.79. The molecule has 0 aliphatic carbocycles. The summed E-state index contributed by atoms with van der Waals surface area (Å²) in [6, 6.07) is 15.2. The molecule has 3 nitrogen and oxygen atoms in total. The first-order valence-electron chi connectivity index (χ1n) is 7.96. The van der Waals surface area contributed by atoms with Crippen molar-refractivity contribution >= 4 is 22.6 Å². The number of likely N-dealkylation sites (tertiary alicyclic amines) is 1. The molecule has 118 valence electrons. The van der Waals surface area contributed by atoms with Crippen molar-refractivity contribution in [1.82, 2.24) is 9.88 Å². The fourth-order valence-corrected chi connectivity index (χ4v) is 3.69. The third kappa shape index (κ3) is 4.30. The predicted octanol–water partition coefficient (Wildman–Crippen LogP) is 4.43. The Morgan fingerprint density at radius 3 is 2.26 bits per heavy atom. The fourth-order valence-electron chi connectivity index (χ4n) is 3.04.